The summed E-state index contributed by atoms with van der Waals surface area (Å²) in [4.78, 5) is 36.2. The van der Waals surface area contributed by atoms with Crippen molar-refractivity contribution in [3.63, 3.8) is 0 Å². The SMILES string of the molecule is CC(C)(C)OC(=O)N[C@@H](CCCCN1CC(CS(=O)(=O)F)CC1=O)C(=O)O. The molecule has 0 aliphatic carbocycles. The zero-order valence-corrected chi connectivity index (χ0v) is 16.6. The molecule has 9 nitrogen and oxygen atoms in total. The summed E-state index contributed by atoms with van der Waals surface area (Å²) in [6.07, 6.45) is 0.211. The van der Waals surface area contributed by atoms with Crippen molar-refractivity contribution in [2.24, 2.45) is 5.92 Å². The van der Waals surface area contributed by atoms with Crippen molar-refractivity contribution in [2.45, 2.75) is 58.1 Å². The van der Waals surface area contributed by atoms with Crippen LogP contribution in [0.5, 0.6) is 0 Å². The van der Waals surface area contributed by atoms with Gasteiger partial charge in [-0.05, 0) is 40.0 Å². The summed E-state index contributed by atoms with van der Waals surface area (Å²) in [5.74, 6) is -2.67. The Bertz CT molecular complexity index is 660. The van der Waals surface area contributed by atoms with Gasteiger partial charge in [-0.25, -0.2) is 9.59 Å². The minimum atomic E-state index is -4.62. The molecule has 1 aliphatic rings. The van der Waals surface area contributed by atoms with E-state index in [2.05, 4.69) is 5.32 Å². The number of hydrogen-bond acceptors (Lipinski definition) is 6. The average Bonchev–Trinajstić information content (AvgIpc) is 2.77. The normalized spacial score (nSPS) is 19.0. The molecular weight excluding hydrogens is 383 g/mol. The molecule has 1 fully saturated rings. The number of hydrogen-bond donors (Lipinski definition) is 2. The first-order valence-corrected chi connectivity index (χ1v) is 10.2. The highest BCUT2D eigenvalue weighted by Gasteiger charge is 2.32. The highest BCUT2D eigenvalue weighted by atomic mass is 32.3. The lowest BCUT2D eigenvalue weighted by atomic mass is 10.1. The number of ether oxygens (including phenoxy) is 1. The standard InChI is InChI=1S/C16H27FN2O7S/c1-16(2,3)26-15(23)18-12(14(21)22)6-4-5-7-19-9-11(8-13(19)20)10-27(17,24)25/h11-12H,4-10H2,1-3H3,(H,18,23)(H,21,22)/t11?,12-/m0/s1. The number of unbranched alkanes of at least 4 members (excludes halogenated alkanes) is 1. The predicted molar refractivity (Wildman–Crippen MR) is 94.2 cm³/mol. The molecule has 1 heterocycles. The van der Waals surface area contributed by atoms with Gasteiger partial charge in [-0.2, -0.15) is 8.42 Å². The Kier molecular flexibility index (Phi) is 8.00. The number of likely N-dealkylation sites (tertiary alicyclic amines) is 1. The Hall–Kier alpha value is -1.91. The summed E-state index contributed by atoms with van der Waals surface area (Å²) in [6, 6.07) is -1.11. The molecule has 27 heavy (non-hydrogen) atoms. The van der Waals surface area contributed by atoms with Gasteiger partial charge >= 0.3 is 22.3 Å². The van der Waals surface area contributed by atoms with Crippen LogP contribution in [0.4, 0.5) is 8.68 Å². The number of alkyl carbamates (subject to hydrolysis) is 1. The zero-order chi connectivity index (χ0) is 20.8. The second kappa shape index (κ2) is 9.34. The van der Waals surface area contributed by atoms with Gasteiger partial charge in [0.2, 0.25) is 5.91 Å². The molecule has 2 N–H and O–H groups in total. The minimum Gasteiger partial charge on any atom is -0.480 e. The summed E-state index contributed by atoms with van der Waals surface area (Å²) in [7, 11) is -4.62. The first-order chi connectivity index (χ1) is 12.3. The highest BCUT2D eigenvalue weighted by molar-refractivity contribution is 7.86. The van der Waals surface area contributed by atoms with E-state index >= 15 is 0 Å². The van der Waals surface area contributed by atoms with Crippen molar-refractivity contribution in [3.8, 4) is 0 Å². The van der Waals surface area contributed by atoms with Crippen molar-refractivity contribution in [2.75, 3.05) is 18.8 Å². The second-order valence-electron chi connectivity index (χ2n) is 7.65. The first kappa shape index (κ1) is 23.1. The molecule has 1 unspecified atom stereocenters. The lowest BCUT2D eigenvalue weighted by Gasteiger charge is -2.22. The molecule has 2 atom stereocenters. The van der Waals surface area contributed by atoms with Gasteiger partial charge in [0.05, 0.1) is 5.75 Å². The number of nitrogens with one attached hydrogen (secondary N) is 1. The molecular formula is C16H27FN2O7S. The van der Waals surface area contributed by atoms with Crippen LogP contribution in [0.2, 0.25) is 0 Å². The van der Waals surface area contributed by atoms with Crippen molar-refractivity contribution < 1.29 is 36.5 Å². The third-order valence-electron chi connectivity index (χ3n) is 3.89. The molecule has 0 radical (unpaired) electrons. The largest absolute Gasteiger partial charge is 0.480 e. The smallest absolute Gasteiger partial charge is 0.408 e. The number of carboxylic acid groups (broad SMARTS) is 1. The Morgan fingerprint density at radius 3 is 2.52 bits per heavy atom. The first-order valence-electron chi connectivity index (χ1n) is 8.69. The van der Waals surface area contributed by atoms with E-state index in [9.17, 15) is 31.8 Å². The van der Waals surface area contributed by atoms with Crippen LogP contribution in [-0.4, -0.2) is 66.9 Å². The van der Waals surface area contributed by atoms with Gasteiger partial charge in [0.25, 0.3) is 0 Å². The number of carbonyl (C=O) groups is 3. The second-order valence-corrected chi connectivity index (χ2v) is 9.06. The van der Waals surface area contributed by atoms with E-state index in [4.69, 9.17) is 4.74 Å². The fourth-order valence-corrected chi connectivity index (χ4v) is 3.61. The highest BCUT2D eigenvalue weighted by Crippen LogP contribution is 2.20. The van der Waals surface area contributed by atoms with Crippen LogP contribution in [0, 0.1) is 5.92 Å². The van der Waals surface area contributed by atoms with Gasteiger partial charge in [0.1, 0.15) is 11.6 Å². The van der Waals surface area contributed by atoms with E-state index in [0.717, 1.165) is 0 Å². The molecule has 0 bridgehead atoms. The van der Waals surface area contributed by atoms with Gasteiger partial charge in [0.15, 0.2) is 0 Å². The molecule has 0 aromatic rings. The summed E-state index contributed by atoms with van der Waals surface area (Å²) in [5.41, 5.74) is -0.743. The monoisotopic (exact) mass is 410 g/mol. The van der Waals surface area contributed by atoms with E-state index in [1.807, 2.05) is 0 Å². The fourth-order valence-electron chi connectivity index (χ4n) is 2.82. The summed E-state index contributed by atoms with van der Waals surface area (Å²) >= 11 is 0. The molecule has 1 rings (SSSR count). The molecule has 0 aromatic heterocycles. The van der Waals surface area contributed by atoms with E-state index in [1.54, 1.807) is 20.8 Å². The van der Waals surface area contributed by atoms with Gasteiger partial charge in [-0.3, -0.25) is 4.79 Å². The Balaban J connectivity index is 2.39. The van der Waals surface area contributed by atoms with Crippen molar-refractivity contribution in [1.29, 1.82) is 0 Å². The van der Waals surface area contributed by atoms with Gasteiger partial charge < -0.3 is 20.1 Å². The summed E-state index contributed by atoms with van der Waals surface area (Å²) < 4.78 is 39.1. The number of carboxylic acids is 1. The van der Waals surface area contributed by atoms with Gasteiger partial charge in [-0.1, -0.05) is 0 Å². The molecule has 0 spiro atoms. The van der Waals surface area contributed by atoms with Crippen LogP contribution in [0.1, 0.15) is 46.5 Å². The quantitative estimate of drug-likeness (QED) is 0.432. The van der Waals surface area contributed by atoms with E-state index < -0.39 is 45.6 Å². The number of nitrogens with zero attached hydrogens (tertiary/aromatic N) is 1. The molecule has 11 heteroatoms. The molecule has 0 saturated carbocycles. The maximum Gasteiger partial charge on any atom is 0.408 e. The van der Waals surface area contributed by atoms with Gasteiger partial charge in [0, 0.05) is 25.4 Å². The maximum atomic E-state index is 12.7. The third-order valence-corrected chi connectivity index (χ3v) is 4.76. The summed E-state index contributed by atoms with van der Waals surface area (Å²) in [5, 5.41) is 11.5. The fraction of sp³-hybridized carbons (Fsp3) is 0.812. The topological polar surface area (TPSA) is 130 Å². The average molecular weight is 410 g/mol. The van der Waals surface area contributed by atoms with Crippen LogP contribution in [0.25, 0.3) is 0 Å². The molecule has 156 valence electrons. The lowest BCUT2D eigenvalue weighted by Crippen LogP contribution is -2.43. The number of carbonyl (C=O) groups excluding carboxylic acids is 2. The molecule has 1 saturated heterocycles. The van der Waals surface area contributed by atoms with Crippen molar-refractivity contribution in [3.05, 3.63) is 0 Å². The van der Waals surface area contributed by atoms with E-state index in [-0.39, 0.29) is 25.3 Å². The Morgan fingerprint density at radius 2 is 2.00 bits per heavy atom. The van der Waals surface area contributed by atoms with Crippen LogP contribution < -0.4 is 5.32 Å². The van der Waals surface area contributed by atoms with Crippen LogP contribution in [-0.2, 0) is 24.5 Å². The number of rotatable bonds is 9. The Labute approximate surface area is 158 Å². The van der Waals surface area contributed by atoms with Crippen LogP contribution in [0.15, 0.2) is 0 Å². The zero-order valence-electron chi connectivity index (χ0n) is 15.7. The van der Waals surface area contributed by atoms with E-state index in [0.29, 0.717) is 19.4 Å². The molecule has 2 amide bonds. The van der Waals surface area contributed by atoms with Crippen LogP contribution in [0.3, 0.4) is 0 Å². The van der Waals surface area contributed by atoms with E-state index in [1.165, 1.54) is 4.90 Å². The number of aliphatic carboxylic acids is 1. The van der Waals surface area contributed by atoms with Gasteiger partial charge in [-0.15, -0.1) is 3.89 Å². The lowest BCUT2D eigenvalue weighted by molar-refractivity contribution is -0.139. The summed E-state index contributed by atoms with van der Waals surface area (Å²) in [6.45, 7) is 5.48. The number of halogens is 1. The Morgan fingerprint density at radius 1 is 1.37 bits per heavy atom. The van der Waals surface area contributed by atoms with Crippen molar-refractivity contribution >= 4 is 28.2 Å². The minimum absolute atomic E-state index is 0.0128. The number of amides is 2. The predicted octanol–water partition coefficient (Wildman–Crippen LogP) is 1.28. The maximum absolute atomic E-state index is 12.7. The third kappa shape index (κ3) is 9.55. The molecule has 1 aliphatic heterocycles. The van der Waals surface area contributed by atoms with Crippen molar-refractivity contribution in [1.82, 2.24) is 10.2 Å². The molecule has 0 aromatic carbocycles. The van der Waals surface area contributed by atoms with Crippen LogP contribution >= 0.6 is 0 Å².